The molecule has 214 valence electrons. The number of carboxylic acids is 1. The summed E-state index contributed by atoms with van der Waals surface area (Å²) in [6.07, 6.45) is 1.98. The number of aliphatic carboxylic acids is 1. The Bertz CT molecular complexity index is 1380. The van der Waals surface area contributed by atoms with Crippen LogP contribution in [0.3, 0.4) is 0 Å². The quantitative estimate of drug-likeness (QED) is 0.363. The third kappa shape index (κ3) is 7.73. The number of carbonyl (C=O) groups is 3. The number of nitrogens with zero attached hydrogens (tertiary/aromatic N) is 3. The van der Waals surface area contributed by atoms with Crippen LogP contribution < -0.4 is 10.2 Å². The summed E-state index contributed by atoms with van der Waals surface area (Å²) in [6.45, 7) is 4.25. The van der Waals surface area contributed by atoms with Crippen molar-refractivity contribution in [2.75, 3.05) is 50.0 Å². The molecule has 0 unspecified atom stereocenters. The van der Waals surface area contributed by atoms with Crippen LogP contribution in [0.4, 0.5) is 11.4 Å². The van der Waals surface area contributed by atoms with Gasteiger partial charge in [-0.1, -0.05) is 54.6 Å². The highest BCUT2D eigenvalue weighted by Crippen LogP contribution is 2.34. The lowest BCUT2D eigenvalue weighted by Crippen LogP contribution is -2.44. The van der Waals surface area contributed by atoms with Gasteiger partial charge in [-0.15, -0.1) is 0 Å². The summed E-state index contributed by atoms with van der Waals surface area (Å²) in [5, 5.41) is 12.4. The van der Waals surface area contributed by atoms with Crippen LogP contribution in [-0.2, 0) is 27.3 Å². The molecule has 1 aliphatic carbocycles. The highest BCUT2D eigenvalue weighted by atomic mass is 16.4. The molecule has 41 heavy (non-hydrogen) atoms. The Morgan fingerprint density at radius 1 is 0.878 bits per heavy atom. The molecule has 2 aliphatic rings. The predicted molar refractivity (Wildman–Crippen MR) is 161 cm³/mol. The van der Waals surface area contributed by atoms with Crippen LogP contribution in [0.25, 0.3) is 11.1 Å². The molecule has 1 saturated carbocycles. The summed E-state index contributed by atoms with van der Waals surface area (Å²) in [5.74, 6) is -0.910. The molecule has 2 N–H and O–H groups in total. The van der Waals surface area contributed by atoms with E-state index in [4.69, 9.17) is 0 Å². The first-order chi connectivity index (χ1) is 19.9. The zero-order chi connectivity index (χ0) is 28.8. The van der Waals surface area contributed by atoms with E-state index in [0.717, 1.165) is 72.6 Å². The highest BCUT2D eigenvalue weighted by Gasteiger charge is 2.33. The molecule has 2 amide bonds. The second-order valence-corrected chi connectivity index (χ2v) is 11.1. The summed E-state index contributed by atoms with van der Waals surface area (Å²) in [6, 6.07) is 23.9. The summed E-state index contributed by atoms with van der Waals surface area (Å²) in [7, 11) is 2.12. The molecule has 2 fully saturated rings. The van der Waals surface area contributed by atoms with E-state index in [9.17, 15) is 19.5 Å². The Kier molecular flexibility index (Phi) is 8.99. The molecule has 1 saturated heterocycles. The Morgan fingerprint density at radius 3 is 2.29 bits per heavy atom. The Labute approximate surface area is 241 Å². The van der Waals surface area contributed by atoms with Gasteiger partial charge in [0.25, 0.3) is 0 Å². The van der Waals surface area contributed by atoms with Crippen LogP contribution in [0.5, 0.6) is 0 Å². The fourth-order valence-corrected chi connectivity index (χ4v) is 5.27. The van der Waals surface area contributed by atoms with Crippen LogP contribution in [0.1, 0.15) is 30.4 Å². The van der Waals surface area contributed by atoms with E-state index in [1.54, 1.807) is 4.90 Å². The minimum absolute atomic E-state index is 0.0242. The van der Waals surface area contributed by atoms with Crippen molar-refractivity contribution in [2.45, 2.75) is 32.2 Å². The van der Waals surface area contributed by atoms with Gasteiger partial charge in [-0.05, 0) is 60.3 Å². The second-order valence-electron chi connectivity index (χ2n) is 11.1. The van der Waals surface area contributed by atoms with Crippen molar-refractivity contribution in [3.8, 4) is 11.1 Å². The molecular weight excluding hydrogens is 516 g/mol. The topological polar surface area (TPSA) is 93.2 Å². The van der Waals surface area contributed by atoms with Crippen molar-refractivity contribution in [3.63, 3.8) is 0 Å². The zero-order valence-electron chi connectivity index (χ0n) is 23.6. The standard InChI is InChI=1S/C33H38N4O4/c1-35-16-18-36(19-17-35)30-13-12-28(22-29(30)34-31(38)21-24-6-3-2-4-7-24)27-9-5-8-25(20-27)23-37(15-14-32(39)40)33(41)26-10-11-26/h2-9,12-13,20,22,26H,10-11,14-19,21,23H2,1H3,(H,34,38)(H,39,40). The van der Waals surface area contributed by atoms with Gasteiger partial charge in [0.15, 0.2) is 0 Å². The number of hydrogen-bond acceptors (Lipinski definition) is 5. The summed E-state index contributed by atoms with van der Waals surface area (Å²) in [5.41, 5.74) is 5.64. The van der Waals surface area contributed by atoms with Crippen LogP contribution in [0.2, 0.25) is 0 Å². The van der Waals surface area contributed by atoms with Crippen LogP contribution in [0.15, 0.2) is 72.8 Å². The van der Waals surface area contributed by atoms with E-state index in [1.807, 2.05) is 60.7 Å². The predicted octanol–water partition coefficient (Wildman–Crippen LogP) is 4.50. The van der Waals surface area contributed by atoms with Gasteiger partial charge in [-0.25, -0.2) is 0 Å². The first-order valence-electron chi connectivity index (χ1n) is 14.4. The lowest BCUT2D eigenvalue weighted by atomic mass is 10.0. The second kappa shape index (κ2) is 13.0. The van der Waals surface area contributed by atoms with Crippen molar-refractivity contribution in [1.82, 2.24) is 9.80 Å². The van der Waals surface area contributed by atoms with Crippen molar-refractivity contribution >= 4 is 29.2 Å². The monoisotopic (exact) mass is 554 g/mol. The van der Waals surface area contributed by atoms with Gasteiger partial charge < -0.3 is 25.1 Å². The Morgan fingerprint density at radius 2 is 1.59 bits per heavy atom. The molecule has 3 aromatic rings. The molecular formula is C33H38N4O4. The normalized spacial score (nSPS) is 15.4. The lowest BCUT2D eigenvalue weighted by molar-refractivity contribution is -0.139. The molecule has 8 nitrogen and oxygen atoms in total. The highest BCUT2D eigenvalue weighted by molar-refractivity contribution is 5.96. The number of piperazine rings is 1. The Balaban J connectivity index is 1.39. The van der Waals surface area contributed by atoms with Crippen molar-refractivity contribution in [1.29, 1.82) is 0 Å². The van der Waals surface area contributed by atoms with Crippen LogP contribution in [-0.4, -0.2) is 72.5 Å². The number of amides is 2. The molecule has 8 heteroatoms. The Hall–Kier alpha value is -4.17. The van der Waals surface area contributed by atoms with E-state index in [2.05, 4.69) is 34.3 Å². The molecule has 0 atom stereocenters. The number of rotatable bonds is 11. The average Bonchev–Trinajstić information content (AvgIpc) is 3.82. The molecule has 0 bridgehead atoms. The van der Waals surface area contributed by atoms with Gasteiger partial charge in [-0.3, -0.25) is 14.4 Å². The smallest absolute Gasteiger partial charge is 0.305 e. The fraction of sp³-hybridized carbons (Fsp3) is 0.364. The van der Waals surface area contributed by atoms with Crippen molar-refractivity contribution in [3.05, 3.63) is 83.9 Å². The third-order valence-electron chi connectivity index (χ3n) is 7.79. The van der Waals surface area contributed by atoms with Gasteiger partial charge in [0.1, 0.15) is 0 Å². The van der Waals surface area contributed by atoms with Crippen molar-refractivity contribution in [2.24, 2.45) is 5.92 Å². The fourth-order valence-electron chi connectivity index (χ4n) is 5.27. The van der Waals surface area contributed by atoms with Gasteiger partial charge in [0.05, 0.1) is 24.2 Å². The number of nitrogens with one attached hydrogen (secondary N) is 1. The van der Waals surface area contributed by atoms with E-state index in [0.29, 0.717) is 13.0 Å². The number of carboxylic acid groups (broad SMARTS) is 1. The SMILES string of the molecule is CN1CCN(c2ccc(-c3cccc(CN(CCC(=O)O)C(=O)C4CC4)c3)cc2NC(=O)Cc2ccccc2)CC1. The summed E-state index contributed by atoms with van der Waals surface area (Å²) in [4.78, 5) is 43.5. The van der Waals surface area contributed by atoms with Crippen molar-refractivity contribution < 1.29 is 19.5 Å². The van der Waals surface area contributed by atoms with Crippen LogP contribution >= 0.6 is 0 Å². The lowest BCUT2D eigenvalue weighted by Gasteiger charge is -2.35. The largest absolute Gasteiger partial charge is 0.481 e. The molecule has 0 aromatic heterocycles. The minimum atomic E-state index is -0.908. The number of likely N-dealkylation sites (N-methyl/N-ethyl adjacent to an activating group) is 1. The molecule has 3 aromatic carbocycles. The van der Waals surface area contributed by atoms with Gasteiger partial charge in [0, 0.05) is 45.2 Å². The molecule has 0 spiro atoms. The van der Waals surface area contributed by atoms with E-state index < -0.39 is 5.97 Å². The van der Waals surface area contributed by atoms with E-state index >= 15 is 0 Å². The van der Waals surface area contributed by atoms with Gasteiger partial charge in [0.2, 0.25) is 11.8 Å². The summed E-state index contributed by atoms with van der Waals surface area (Å²) < 4.78 is 0. The van der Waals surface area contributed by atoms with E-state index in [1.165, 1.54) is 0 Å². The van der Waals surface area contributed by atoms with Gasteiger partial charge >= 0.3 is 5.97 Å². The molecule has 1 heterocycles. The van der Waals surface area contributed by atoms with Gasteiger partial charge in [-0.2, -0.15) is 0 Å². The molecule has 5 rings (SSSR count). The maximum absolute atomic E-state index is 13.1. The summed E-state index contributed by atoms with van der Waals surface area (Å²) >= 11 is 0. The first kappa shape index (κ1) is 28.4. The number of carbonyl (C=O) groups excluding carboxylic acids is 2. The number of benzene rings is 3. The third-order valence-corrected chi connectivity index (χ3v) is 7.79. The number of anilines is 2. The molecule has 0 radical (unpaired) electrons. The maximum Gasteiger partial charge on any atom is 0.305 e. The first-order valence-corrected chi connectivity index (χ1v) is 14.4. The number of hydrogen-bond donors (Lipinski definition) is 2. The van der Waals surface area contributed by atoms with Crippen LogP contribution in [0, 0.1) is 5.92 Å². The average molecular weight is 555 g/mol. The van der Waals surface area contributed by atoms with E-state index in [-0.39, 0.29) is 30.7 Å². The molecule has 1 aliphatic heterocycles. The zero-order valence-corrected chi connectivity index (χ0v) is 23.6. The minimum Gasteiger partial charge on any atom is -0.481 e. The maximum atomic E-state index is 13.1.